The second kappa shape index (κ2) is 5.64. The van der Waals surface area contributed by atoms with Crippen LogP contribution in [0.5, 0.6) is 5.75 Å². The topological polar surface area (TPSA) is 84.1 Å². The predicted molar refractivity (Wildman–Crippen MR) is 75.1 cm³/mol. The summed E-state index contributed by atoms with van der Waals surface area (Å²) in [4.78, 5) is 0. The molecule has 2 rings (SSSR count). The molecular formula is C13H17N3O3S. The van der Waals surface area contributed by atoms with Crippen molar-refractivity contribution in [2.45, 2.75) is 24.9 Å². The maximum absolute atomic E-state index is 12.1. The Hall–Kier alpha value is -1.86. The summed E-state index contributed by atoms with van der Waals surface area (Å²) in [5.41, 5.74) is 1.82. The third kappa shape index (κ3) is 3.00. The van der Waals surface area contributed by atoms with Crippen molar-refractivity contribution in [2.75, 3.05) is 7.11 Å². The fourth-order valence-electron chi connectivity index (χ4n) is 1.94. The quantitative estimate of drug-likeness (QED) is 0.880. The molecule has 0 saturated heterocycles. The molecule has 2 N–H and O–H groups in total. The number of sulfonamides is 1. The molecule has 0 aliphatic carbocycles. The van der Waals surface area contributed by atoms with E-state index >= 15 is 0 Å². The van der Waals surface area contributed by atoms with E-state index in [0.29, 0.717) is 5.75 Å². The van der Waals surface area contributed by atoms with E-state index in [9.17, 15) is 8.42 Å². The molecule has 0 radical (unpaired) electrons. The van der Waals surface area contributed by atoms with Crippen molar-refractivity contribution >= 4 is 10.0 Å². The van der Waals surface area contributed by atoms with Crippen LogP contribution in [0.1, 0.15) is 24.1 Å². The summed E-state index contributed by atoms with van der Waals surface area (Å²) >= 11 is 0. The number of ether oxygens (including phenoxy) is 1. The smallest absolute Gasteiger partial charge is 0.258 e. The van der Waals surface area contributed by atoms with Gasteiger partial charge in [-0.15, -0.1) is 0 Å². The molecule has 20 heavy (non-hydrogen) atoms. The van der Waals surface area contributed by atoms with Crippen LogP contribution in [0, 0.1) is 6.92 Å². The first-order chi connectivity index (χ1) is 9.44. The lowest BCUT2D eigenvalue weighted by molar-refractivity contribution is 0.405. The summed E-state index contributed by atoms with van der Waals surface area (Å²) in [5.74, 6) is 0.649. The molecule has 0 spiro atoms. The molecule has 1 atom stereocenters. The van der Waals surface area contributed by atoms with Crippen LogP contribution in [0.25, 0.3) is 0 Å². The lowest BCUT2D eigenvalue weighted by Gasteiger charge is -2.17. The van der Waals surface area contributed by atoms with Gasteiger partial charge in [0.15, 0.2) is 5.03 Å². The van der Waals surface area contributed by atoms with Gasteiger partial charge in [0.05, 0.1) is 13.3 Å². The number of methoxy groups -OCH3 is 1. The molecule has 7 heteroatoms. The number of aromatic nitrogens is 2. The zero-order chi connectivity index (χ0) is 14.8. The minimum absolute atomic E-state index is 0.0379. The van der Waals surface area contributed by atoms with Gasteiger partial charge in [0.1, 0.15) is 5.75 Å². The van der Waals surface area contributed by atoms with E-state index in [2.05, 4.69) is 14.9 Å². The minimum atomic E-state index is -3.63. The number of aryl methyl sites for hydroxylation is 1. The Balaban J connectivity index is 2.29. The molecular weight excluding hydrogens is 278 g/mol. The number of benzene rings is 1. The van der Waals surface area contributed by atoms with Crippen LogP contribution in [0.2, 0.25) is 0 Å². The highest BCUT2D eigenvalue weighted by Crippen LogP contribution is 2.27. The second-order valence-electron chi connectivity index (χ2n) is 4.51. The molecule has 108 valence electrons. The summed E-state index contributed by atoms with van der Waals surface area (Å²) in [5, 5.41) is 6.13. The molecule has 0 aliphatic rings. The number of hydrogen-bond donors (Lipinski definition) is 2. The number of H-pyrrole nitrogens is 1. The lowest BCUT2D eigenvalue weighted by Crippen LogP contribution is -2.27. The number of nitrogens with zero attached hydrogens (tertiary/aromatic N) is 1. The molecule has 0 aliphatic heterocycles. The van der Waals surface area contributed by atoms with Gasteiger partial charge >= 0.3 is 0 Å². The predicted octanol–water partition coefficient (Wildman–Crippen LogP) is 1.77. The third-order valence-electron chi connectivity index (χ3n) is 2.95. The fourth-order valence-corrected chi connectivity index (χ4v) is 3.08. The van der Waals surface area contributed by atoms with Crippen molar-refractivity contribution < 1.29 is 13.2 Å². The summed E-state index contributed by atoms with van der Waals surface area (Å²) in [6, 6.07) is 6.63. The maximum Gasteiger partial charge on any atom is 0.258 e. The van der Waals surface area contributed by atoms with Crippen molar-refractivity contribution in [3.05, 3.63) is 41.6 Å². The molecule has 1 unspecified atom stereocenters. The highest BCUT2D eigenvalue weighted by molar-refractivity contribution is 7.89. The Morgan fingerprint density at radius 2 is 2.10 bits per heavy atom. The van der Waals surface area contributed by atoms with E-state index in [1.54, 1.807) is 14.0 Å². The van der Waals surface area contributed by atoms with Gasteiger partial charge in [-0.05, 0) is 26.0 Å². The summed E-state index contributed by atoms with van der Waals surface area (Å²) < 4.78 is 32.1. The van der Waals surface area contributed by atoms with Gasteiger partial charge in [0.25, 0.3) is 10.0 Å². The lowest BCUT2D eigenvalue weighted by atomic mass is 10.1. The second-order valence-corrected chi connectivity index (χ2v) is 6.19. The van der Waals surface area contributed by atoms with Crippen molar-refractivity contribution in [3.8, 4) is 5.75 Å². The number of hydrogen-bond acceptors (Lipinski definition) is 4. The van der Waals surface area contributed by atoms with Crippen LogP contribution in [-0.2, 0) is 10.0 Å². The zero-order valence-corrected chi connectivity index (χ0v) is 12.4. The van der Waals surface area contributed by atoms with Crippen molar-refractivity contribution in [1.29, 1.82) is 0 Å². The van der Waals surface area contributed by atoms with E-state index in [0.717, 1.165) is 11.1 Å². The number of nitrogens with one attached hydrogen (secondary N) is 2. The van der Waals surface area contributed by atoms with Crippen LogP contribution in [-0.4, -0.2) is 25.7 Å². The Bertz CT molecular complexity index is 681. The van der Waals surface area contributed by atoms with Gasteiger partial charge < -0.3 is 4.74 Å². The summed E-state index contributed by atoms with van der Waals surface area (Å²) in [6.45, 7) is 3.71. The van der Waals surface area contributed by atoms with Gasteiger partial charge in [-0.3, -0.25) is 5.10 Å². The highest BCUT2D eigenvalue weighted by atomic mass is 32.2. The van der Waals surface area contributed by atoms with Crippen molar-refractivity contribution in [3.63, 3.8) is 0 Å². The normalized spacial score (nSPS) is 13.2. The van der Waals surface area contributed by atoms with E-state index in [-0.39, 0.29) is 5.03 Å². The van der Waals surface area contributed by atoms with Gasteiger partial charge in [-0.25, -0.2) is 13.1 Å². The minimum Gasteiger partial charge on any atom is -0.496 e. The SMILES string of the molecule is COc1ccc(C)cc1C(C)NS(=O)(=O)c1ccn[nH]1. The van der Waals surface area contributed by atoms with Gasteiger partial charge in [-0.1, -0.05) is 17.7 Å². The first-order valence-electron chi connectivity index (χ1n) is 6.10. The van der Waals surface area contributed by atoms with Gasteiger partial charge in [-0.2, -0.15) is 5.10 Å². The molecule has 0 fully saturated rings. The molecule has 1 aromatic carbocycles. The summed E-state index contributed by atoms with van der Waals surface area (Å²) in [7, 11) is -2.07. The Morgan fingerprint density at radius 1 is 1.35 bits per heavy atom. The molecule has 0 bridgehead atoms. The van der Waals surface area contributed by atoms with Crippen LogP contribution < -0.4 is 9.46 Å². The van der Waals surface area contributed by atoms with Crippen LogP contribution in [0.15, 0.2) is 35.5 Å². The van der Waals surface area contributed by atoms with Gasteiger partial charge in [0, 0.05) is 11.6 Å². The largest absolute Gasteiger partial charge is 0.496 e. The first-order valence-corrected chi connectivity index (χ1v) is 7.58. The molecule has 1 aromatic heterocycles. The Morgan fingerprint density at radius 3 is 2.70 bits per heavy atom. The molecule has 2 aromatic rings. The standard InChI is InChI=1S/C13H17N3O3S/c1-9-4-5-12(19-3)11(8-9)10(2)16-20(17,18)13-6-7-14-15-13/h4-8,10,16H,1-3H3,(H,14,15). The van der Waals surface area contributed by atoms with E-state index in [1.807, 2.05) is 25.1 Å². The van der Waals surface area contributed by atoms with E-state index in [4.69, 9.17) is 4.74 Å². The zero-order valence-electron chi connectivity index (χ0n) is 11.5. The van der Waals surface area contributed by atoms with Crippen LogP contribution in [0.4, 0.5) is 0 Å². The number of rotatable bonds is 5. The monoisotopic (exact) mass is 295 g/mol. The average Bonchev–Trinajstić information content (AvgIpc) is 2.92. The maximum atomic E-state index is 12.1. The van der Waals surface area contributed by atoms with Crippen LogP contribution >= 0.6 is 0 Å². The first kappa shape index (κ1) is 14.5. The van der Waals surface area contributed by atoms with E-state index < -0.39 is 16.1 Å². The molecule has 6 nitrogen and oxygen atoms in total. The van der Waals surface area contributed by atoms with Crippen molar-refractivity contribution in [2.24, 2.45) is 0 Å². The number of aromatic amines is 1. The Labute approximate surface area is 118 Å². The Kier molecular flexibility index (Phi) is 4.10. The average molecular weight is 295 g/mol. The third-order valence-corrected chi connectivity index (χ3v) is 4.42. The fraction of sp³-hybridized carbons (Fsp3) is 0.308. The molecule has 0 saturated carbocycles. The van der Waals surface area contributed by atoms with Crippen LogP contribution in [0.3, 0.4) is 0 Å². The van der Waals surface area contributed by atoms with Crippen molar-refractivity contribution in [1.82, 2.24) is 14.9 Å². The molecule has 0 amide bonds. The molecule has 1 heterocycles. The van der Waals surface area contributed by atoms with Gasteiger partial charge in [0.2, 0.25) is 0 Å². The van der Waals surface area contributed by atoms with E-state index in [1.165, 1.54) is 12.3 Å². The highest BCUT2D eigenvalue weighted by Gasteiger charge is 2.21. The summed E-state index contributed by atoms with van der Waals surface area (Å²) in [6.07, 6.45) is 1.40.